The van der Waals surface area contributed by atoms with Crippen molar-refractivity contribution in [3.63, 3.8) is 0 Å². The van der Waals surface area contributed by atoms with Crippen LogP contribution < -0.4 is 5.32 Å². The molecule has 358 valence electrons. The van der Waals surface area contributed by atoms with Gasteiger partial charge in [0.05, 0.1) is 25.2 Å². The van der Waals surface area contributed by atoms with Gasteiger partial charge in [-0.25, -0.2) is 0 Å². The summed E-state index contributed by atoms with van der Waals surface area (Å²) in [5.41, 5.74) is 0. The molecule has 0 aromatic carbocycles. The van der Waals surface area contributed by atoms with E-state index in [9.17, 15) is 19.8 Å². The van der Waals surface area contributed by atoms with Gasteiger partial charge in [0.1, 0.15) is 6.10 Å². The first-order chi connectivity index (χ1) is 30.5. The molecule has 3 atom stereocenters. The minimum absolute atomic E-state index is 0.0530. The average molecular weight is 866 g/mol. The number of hydrogen-bond acceptors (Lipinski definition) is 5. The van der Waals surface area contributed by atoms with Crippen LogP contribution >= 0.6 is 0 Å². The van der Waals surface area contributed by atoms with Crippen LogP contribution in [-0.2, 0) is 14.3 Å². The maximum Gasteiger partial charge on any atom is 0.306 e. The summed E-state index contributed by atoms with van der Waals surface area (Å²) >= 11 is 0. The third-order valence-electron chi connectivity index (χ3n) is 11.6. The van der Waals surface area contributed by atoms with E-state index >= 15 is 0 Å². The number of aliphatic hydroxyl groups is 2. The summed E-state index contributed by atoms with van der Waals surface area (Å²) in [5, 5.41) is 23.8. The van der Waals surface area contributed by atoms with E-state index in [4.69, 9.17) is 4.74 Å². The van der Waals surface area contributed by atoms with Crippen molar-refractivity contribution in [1.29, 1.82) is 0 Å². The fourth-order valence-electron chi connectivity index (χ4n) is 7.67. The summed E-state index contributed by atoms with van der Waals surface area (Å²) in [7, 11) is 0. The van der Waals surface area contributed by atoms with E-state index in [0.29, 0.717) is 19.3 Å². The molecule has 0 saturated carbocycles. The van der Waals surface area contributed by atoms with Crippen molar-refractivity contribution in [1.82, 2.24) is 5.32 Å². The number of carbonyl (C=O) groups excluding carboxylic acids is 2. The molecule has 0 rings (SSSR count). The predicted octanol–water partition coefficient (Wildman–Crippen LogP) is 15.8. The number of esters is 1. The summed E-state index contributed by atoms with van der Waals surface area (Å²) in [6.07, 6.45) is 62.4. The Morgan fingerprint density at radius 3 is 1.31 bits per heavy atom. The van der Waals surface area contributed by atoms with Gasteiger partial charge in [0, 0.05) is 6.42 Å². The van der Waals surface area contributed by atoms with Crippen LogP contribution in [0, 0.1) is 0 Å². The Balaban J connectivity index is 4.63. The van der Waals surface area contributed by atoms with Gasteiger partial charge in [-0.2, -0.15) is 0 Å². The molecular weight excluding hydrogens is 767 g/mol. The molecule has 3 unspecified atom stereocenters. The van der Waals surface area contributed by atoms with Gasteiger partial charge in [0.25, 0.3) is 0 Å². The van der Waals surface area contributed by atoms with E-state index in [-0.39, 0.29) is 24.9 Å². The molecule has 0 spiro atoms. The van der Waals surface area contributed by atoms with E-state index in [1.165, 1.54) is 96.3 Å². The lowest BCUT2D eigenvalue weighted by atomic mass is 10.0. The van der Waals surface area contributed by atoms with Gasteiger partial charge in [-0.3, -0.25) is 9.59 Å². The maximum absolute atomic E-state index is 13.2. The van der Waals surface area contributed by atoms with Gasteiger partial charge < -0.3 is 20.3 Å². The minimum Gasteiger partial charge on any atom is -0.462 e. The summed E-state index contributed by atoms with van der Waals surface area (Å²) in [5.74, 6) is -0.518. The van der Waals surface area contributed by atoms with Crippen molar-refractivity contribution in [3.8, 4) is 0 Å². The zero-order valence-corrected chi connectivity index (χ0v) is 40.7. The van der Waals surface area contributed by atoms with Gasteiger partial charge in [-0.15, -0.1) is 0 Å². The molecule has 6 nitrogen and oxygen atoms in total. The molecule has 0 aliphatic heterocycles. The van der Waals surface area contributed by atoms with Crippen LogP contribution in [0.4, 0.5) is 0 Å². The van der Waals surface area contributed by atoms with E-state index < -0.39 is 18.2 Å². The molecule has 6 heteroatoms. The zero-order valence-electron chi connectivity index (χ0n) is 40.7. The van der Waals surface area contributed by atoms with Gasteiger partial charge in [0.15, 0.2) is 0 Å². The molecule has 1 amide bonds. The Morgan fingerprint density at radius 2 is 0.871 bits per heavy atom. The van der Waals surface area contributed by atoms with E-state index in [1.807, 2.05) is 0 Å². The standard InChI is InChI=1S/C56H99NO5/c1-4-7-10-13-16-19-22-25-26-27-28-29-31-34-37-40-43-46-49-56(61)62-52(47-44-41-38-35-32-30-23-20-17-14-11-8-5-2)50-55(60)57-53(51-58)54(59)48-45-42-39-36-33-24-21-18-15-12-9-6-3/h8,11,14,17,20,22-23,25-29,52-54,58-59H,4-7,9-10,12-13,15-16,18-19,21,24,30-51H2,1-3H3,(H,57,60)/b11-8+,17-14+,23-20+,25-22+,27-26+,29-28+. The zero-order chi connectivity index (χ0) is 45.2. The lowest BCUT2D eigenvalue weighted by molar-refractivity contribution is -0.151. The average Bonchev–Trinajstić information content (AvgIpc) is 3.26. The highest BCUT2D eigenvalue weighted by Crippen LogP contribution is 2.17. The first-order valence-electron chi connectivity index (χ1n) is 26.2. The topological polar surface area (TPSA) is 95.9 Å². The number of aliphatic hydroxyl groups excluding tert-OH is 2. The number of hydrogen-bond donors (Lipinski definition) is 3. The monoisotopic (exact) mass is 866 g/mol. The molecule has 0 fully saturated rings. The molecule has 0 aromatic heterocycles. The number of carbonyl (C=O) groups is 2. The largest absolute Gasteiger partial charge is 0.462 e. The molecule has 0 aromatic rings. The van der Waals surface area contributed by atoms with Gasteiger partial charge in [-0.1, -0.05) is 235 Å². The fraction of sp³-hybridized carbons (Fsp3) is 0.750. The second-order valence-corrected chi connectivity index (χ2v) is 17.7. The second kappa shape index (κ2) is 49.3. The van der Waals surface area contributed by atoms with Crippen molar-refractivity contribution in [2.75, 3.05) is 6.61 Å². The number of amides is 1. The summed E-state index contributed by atoms with van der Waals surface area (Å²) in [6, 6.07) is -0.715. The molecule has 0 saturated heterocycles. The highest BCUT2D eigenvalue weighted by atomic mass is 16.5. The van der Waals surface area contributed by atoms with E-state index in [0.717, 1.165) is 103 Å². The molecule has 0 aliphatic carbocycles. The molecule has 0 aliphatic rings. The summed E-state index contributed by atoms with van der Waals surface area (Å²) < 4.78 is 5.92. The second-order valence-electron chi connectivity index (χ2n) is 17.7. The number of ether oxygens (including phenoxy) is 1. The molecule has 62 heavy (non-hydrogen) atoms. The number of nitrogens with one attached hydrogen (secondary N) is 1. The van der Waals surface area contributed by atoms with Gasteiger partial charge in [0.2, 0.25) is 5.91 Å². The normalized spacial score (nSPS) is 13.8. The van der Waals surface area contributed by atoms with Crippen LogP contribution in [0.2, 0.25) is 0 Å². The lowest BCUT2D eigenvalue weighted by Crippen LogP contribution is -2.46. The summed E-state index contributed by atoms with van der Waals surface area (Å²) in [6.45, 7) is 6.32. The molecule has 0 heterocycles. The Kier molecular flexibility index (Phi) is 47.2. The fourth-order valence-corrected chi connectivity index (χ4v) is 7.67. The van der Waals surface area contributed by atoms with Crippen molar-refractivity contribution >= 4 is 11.9 Å². The highest BCUT2D eigenvalue weighted by molar-refractivity contribution is 5.77. The molecule has 0 bridgehead atoms. The minimum atomic E-state index is -0.799. The van der Waals surface area contributed by atoms with Crippen LogP contribution in [0.3, 0.4) is 0 Å². The number of allylic oxidation sites excluding steroid dienone is 12. The van der Waals surface area contributed by atoms with Crippen LogP contribution in [-0.4, -0.2) is 46.9 Å². The van der Waals surface area contributed by atoms with Crippen LogP contribution in [0.5, 0.6) is 0 Å². The lowest BCUT2D eigenvalue weighted by Gasteiger charge is -2.24. The SMILES string of the molecule is CC/C=C/C=C/C=C/CCCCCCCC(CC(=O)NC(CO)C(O)CCCCCCCCCCCCCC)OC(=O)CCCCCCC/C=C/C=C/C=C/CCCCCCC. The number of unbranched alkanes of at least 4 members (excludes halogenated alkanes) is 26. The number of rotatable bonds is 46. The third-order valence-corrected chi connectivity index (χ3v) is 11.6. The third kappa shape index (κ3) is 43.9. The predicted molar refractivity (Wildman–Crippen MR) is 268 cm³/mol. The summed E-state index contributed by atoms with van der Waals surface area (Å²) in [4.78, 5) is 26.2. The Labute approximate surface area is 383 Å². The molecule has 3 N–H and O–H groups in total. The van der Waals surface area contributed by atoms with Crippen molar-refractivity contribution in [2.24, 2.45) is 0 Å². The Hall–Kier alpha value is -2.70. The Bertz CT molecular complexity index is 1150. The molecular formula is C56H99NO5. The molecule has 0 radical (unpaired) electrons. The van der Waals surface area contributed by atoms with Crippen LogP contribution in [0.15, 0.2) is 72.9 Å². The first-order valence-corrected chi connectivity index (χ1v) is 26.2. The highest BCUT2D eigenvalue weighted by Gasteiger charge is 2.24. The van der Waals surface area contributed by atoms with Gasteiger partial charge >= 0.3 is 5.97 Å². The first kappa shape index (κ1) is 59.3. The van der Waals surface area contributed by atoms with Crippen molar-refractivity contribution in [2.45, 2.75) is 264 Å². The smallest absolute Gasteiger partial charge is 0.306 e. The van der Waals surface area contributed by atoms with E-state index in [1.54, 1.807) is 0 Å². The van der Waals surface area contributed by atoms with Crippen molar-refractivity contribution in [3.05, 3.63) is 72.9 Å². The van der Waals surface area contributed by atoms with Crippen LogP contribution in [0.25, 0.3) is 0 Å². The quantitative estimate of drug-likeness (QED) is 0.0322. The van der Waals surface area contributed by atoms with Crippen molar-refractivity contribution < 1.29 is 24.5 Å². The van der Waals surface area contributed by atoms with Crippen LogP contribution in [0.1, 0.15) is 245 Å². The van der Waals surface area contributed by atoms with Gasteiger partial charge in [-0.05, 0) is 70.6 Å². The van der Waals surface area contributed by atoms with E-state index in [2.05, 4.69) is 99.0 Å². The Morgan fingerprint density at radius 1 is 0.484 bits per heavy atom. The maximum atomic E-state index is 13.2.